The van der Waals surface area contributed by atoms with Crippen LogP contribution in [0.25, 0.3) is 0 Å². The number of aryl methyl sites for hydroxylation is 1. The molecule has 3 N–H and O–H groups in total. The second-order valence-electron chi connectivity index (χ2n) is 4.70. The molecule has 1 amide bonds. The van der Waals surface area contributed by atoms with E-state index in [4.69, 9.17) is 0 Å². The third-order valence-corrected chi connectivity index (χ3v) is 9.04. The molecule has 4 nitrogen and oxygen atoms in total. The minimum absolute atomic E-state index is 0.113. The Morgan fingerprint density at radius 3 is 2.36 bits per heavy atom. The molecule has 0 saturated carbocycles. The molecule has 6 heteroatoms. The Bertz CT molecular complexity index is 667. The number of carbonyl (C=O) groups is 1. The molecule has 0 heterocycles. The first kappa shape index (κ1) is 17.4. The number of hydrogen-bond donors (Lipinski definition) is 3. The van der Waals surface area contributed by atoms with Crippen LogP contribution in [0, 0.1) is 6.92 Å². The summed E-state index contributed by atoms with van der Waals surface area (Å²) in [5.41, 5.74) is 2.86. The summed E-state index contributed by atoms with van der Waals surface area (Å²) in [5, 5.41) is 12.2. The molecular weight excluding hydrogens is 508 g/mol. The Morgan fingerprint density at radius 1 is 1.14 bits per heavy atom. The number of phenols is 1. The number of amides is 1. The molecule has 0 aliphatic rings. The van der Waals surface area contributed by atoms with Crippen LogP contribution in [0.1, 0.15) is 11.1 Å². The summed E-state index contributed by atoms with van der Waals surface area (Å²) >= 11 is -1.50. The van der Waals surface area contributed by atoms with Gasteiger partial charge in [-0.15, -0.1) is 0 Å². The average molecular weight is 524 g/mol. The first-order valence-corrected chi connectivity index (χ1v) is 14.9. The quantitative estimate of drug-likeness (QED) is 0.481. The van der Waals surface area contributed by atoms with Gasteiger partial charge < -0.3 is 0 Å². The number of halogens is 2. The predicted molar refractivity (Wildman–Crippen MR) is 92.9 cm³/mol. The monoisotopic (exact) mass is 524 g/mol. The van der Waals surface area contributed by atoms with Crippen molar-refractivity contribution in [3.05, 3.63) is 59.7 Å². The zero-order valence-corrected chi connectivity index (χ0v) is 16.2. The number of nitrogens with one attached hydrogen (secondary N) is 1. The molecular formula is C16H16I2NO3-. The van der Waals surface area contributed by atoms with E-state index in [1.54, 1.807) is 24.3 Å². The molecule has 0 bridgehead atoms. The van der Waals surface area contributed by atoms with Gasteiger partial charge in [-0.3, -0.25) is 0 Å². The number of benzene rings is 2. The second-order valence-corrected chi connectivity index (χ2v) is 12.0. The van der Waals surface area contributed by atoms with E-state index in [0.29, 0.717) is 6.42 Å². The topological polar surface area (TPSA) is 69.6 Å². The molecule has 0 atom stereocenters. The fourth-order valence-electron chi connectivity index (χ4n) is 1.81. The van der Waals surface area contributed by atoms with E-state index in [-0.39, 0.29) is 11.7 Å². The summed E-state index contributed by atoms with van der Waals surface area (Å²) in [7, 11) is 0. The second kappa shape index (κ2) is 8.59. The Kier molecular flexibility index (Phi) is 6.77. The summed E-state index contributed by atoms with van der Waals surface area (Å²) < 4.78 is 10.1. The predicted octanol–water partition coefficient (Wildman–Crippen LogP) is -0.0638. The van der Waals surface area contributed by atoms with Crippen LogP contribution >= 0.6 is 16.8 Å². The Labute approximate surface area is 146 Å². The number of carbonyl (C=O) groups excluding carboxylic acids is 1. The van der Waals surface area contributed by atoms with Crippen LogP contribution in [0.15, 0.2) is 48.5 Å². The average Bonchev–Trinajstić information content (AvgIpc) is 2.51. The van der Waals surface area contributed by atoms with Gasteiger partial charge in [-0.2, -0.15) is 0 Å². The van der Waals surface area contributed by atoms with Gasteiger partial charge in [0.25, 0.3) is 0 Å². The van der Waals surface area contributed by atoms with Crippen molar-refractivity contribution in [3.8, 4) is 5.75 Å². The summed E-state index contributed by atoms with van der Waals surface area (Å²) in [6, 6.07) is 14.5. The van der Waals surface area contributed by atoms with Crippen LogP contribution in [0.4, 0.5) is 5.69 Å². The van der Waals surface area contributed by atoms with E-state index >= 15 is 0 Å². The van der Waals surface area contributed by atoms with Crippen molar-refractivity contribution in [2.75, 3.05) is 5.32 Å². The molecule has 2 rings (SSSR count). The molecule has 0 saturated heterocycles. The zero-order chi connectivity index (χ0) is 15.9. The van der Waals surface area contributed by atoms with E-state index in [1.807, 2.05) is 31.2 Å². The third kappa shape index (κ3) is 5.33. The van der Waals surface area contributed by atoms with E-state index in [2.05, 4.69) is 5.32 Å². The van der Waals surface area contributed by atoms with Crippen molar-refractivity contribution in [2.45, 2.75) is 13.3 Å². The molecule has 0 spiro atoms. The number of phenolic OH excluding ortho intramolecular Hbond substituents is 1. The van der Waals surface area contributed by atoms with E-state index < -0.39 is 34.4 Å². The summed E-state index contributed by atoms with van der Waals surface area (Å²) in [4.78, 5) is 12.4. The van der Waals surface area contributed by atoms with Gasteiger partial charge in [-0.05, 0) is 0 Å². The molecule has 0 unspecified atom stereocenters. The Hall–Kier alpha value is -1.000. The maximum absolute atomic E-state index is 12.4. The molecule has 22 heavy (non-hydrogen) atoms. The van der Waals surface area contributed by atoms with Crippen LogP contribution in [-0.4, -0.2) is 18.0 Å². The molecule has 0 aliphatic heterocycles. The number of rotatable bonds is 5. The van der Waals surface area contributed by atoms with Gasteiger partial charge in [-0.25, -0.2) is 0 Å². The number of aromatic hydroxyl groups is 1. The van der Waals surface area contributed by atoms with Gasteiger partial charge in [0.2, 0.25) is 0 Å². The van der Waals surface area contributed by atoms with Crippen LogP contribution < -0.4 is 23.0 Å². The van der Waals surface area contributed by atoms with Gasteiger partial charge in [0.15, 0.2) is 0 Å². The van der Waals surface area contributed by atoms with Gasteiger partial charge in [0.05, 0.1) is 0 Å². The minimum atomic E-state index is -0.890. The van der Waals surface area contributed by atoms with E-state index in [9.17, 15) is 13.3 Å². The van der Waals surface area contributed by atoms with Gasteiger partial charge >= 0.3 is 147 Å². The zero-order valence-electron chi connectivity index (χ0n) is 11.9. The van der Waals surface area contributed by atoms with Gasteiger partial charge in [0, 0.05) is 0 Å². The Balaban J connectivity index is 2.10. The number of anilines is 1. The molecule has 0 radical (unpaired) electrons. The normalized spacial score (nSPS) is 11.8. The SMILES string of the molecule is Cc1ccc(NC(=O)C(Cc2ccc(O)cc2)=I[I-]O)cc1. The standard InChI is InChI=1S/C16H16I2NO3/c1-11-2-6-13(7-3-11)19-16(21)15(17-18-22)10-12-4-8-14(20)9-5-12/h2-9,20,22H,10H2,1H3,(H,19,21)/q-1. The summed E-state index contributed by atoms with van der Waals surface area (Å²) in [6.45, 7) is 2.00. The van der Waals surface area contributed by atoms with Gasteiger partial charge in [0.1, 0.15) is 0 Å². The molecule has 118 valence electrons. The van der Waals surface area contributed by atoms with Crippen LogP contribution in [0.2, 0.25) is 0 Å². The third-order valence-electron chi connectivity index (χ3n) is 2.97. The van der Waals surface area contributed by atoms with Crippen LogP contribution in [0.5, 0.6) is 5.75 Å². The van der Waals surface area contributed by atoms with Crippen molar-refractivity contribution >= 4 is 31.9 Å². The molecule has 0 fully saturated rings. The first-order valence-electron chi connectivity index (χ1n) is 6.53. The fraction of sp³-hybridized carbons (Fsp3) is 0.125. The summed E-state index contributed by atoms with van der Waals surface area (Å²) in [6.07, 6.45) is 0.519. The first-order chi connectivity index (χ1) is 10.6. The molecule has 2 aromatic carbocycles. The van der Waals surface area contributed by atoms with Crippen LogP contribution in [-0.2, 0) is 11.2 Å². The number of hydrogen-bond acceptors (Lipinski definition) is 3. The van der Waals surface area contributed by atoms with Crippen LogP contribution in [0.3, 0.4) is 0 Å². The molecule has 2 aromatic rings. The maximum atomic E-state index is 12.4. The van der Waals surface area contributed by atoms with E-state index in [0.717, 1.165) is 20.3 Å². The molecule has 0 aliphatic carbocycles. The van der Waals surface area contributed by atoms with E-state index in [1.165, 1.54) is 0 Å². The molecule has 0 aromatic heterocycles. The van der Waals surface area contributed by atoms with Crippen molar-refractivity contribution < 1.29 is 31.0 Å². The summed E-state index contributed by atoms with van der Waals surface area (Å²) in [5.74, 6) is 0.0946. The van der Waals surface area contributed by atoms with Crippen molar-refractivity contribution in [2.24, 2.45) is 0 Å². The fourth-order valence-corrected chi connectivity index (χ4v) is 6.62. The van der Waals surface area contributed by atoms with Crippen molar-refractivity contribution in [1.82, 2.24) is 0 Å². The van der Waals surface area contributed by atoms with Crippen molar-refractivity contribution in [3.63, 3.8) is 0 Å². The Morgan fingerprint density at radius 2 is 1.77 bits per heavy atom. The van der Waals surface area contributed by atoms with Gasteiger partial charge in [-0.1, -0.05) is 0 Å². The van der Waals surface area contributed by atoms with Crippen molar-refractivity contribution in [1.29, 1.82) is 0 Å².